The zero-order valence-corrected chi connectivity index (χ0v) is 13.3. The average Bonchev–Trinajstić information content (AvgIpc) is 2.46. The van der Waals surface area contributed by atoms with Crippen molar-refractivity contribution in [2.24, 2.45) is 5.92 Å². The summed E-state index contributed by atoms with van der Waals surface area (Å²) in [7, 11) is 0. The van der Waals surface area contributed by atoms with E-state index < -0.39 is 0 Å². The summed E-state index contributed by atoms with van der Waals surface area (Å²) >= 11 is 5.80. The first-order valence-electron chi connectivity index (χ1n) is 7.66. The van der Waals surface area contributed by atoms with Crippen LogP contribution in [0.5, 0.6) is 0 Å². The molecular weight excluding hydrogens is 286 g/mol. The van der Waals surface area contributed by atoms with Gasteiger partial charge in [-0.25, -0.2) is 4.79 Å². The molecule has 21 heavy (non-hydrogen) atoms. The number of hydrogen-bond donors (Lipinski definition) is 2. The van der Waals surface area contributed by atoms with Crippen molar-refractivity contribution < 1.29 is 4.79 Å². The van der Waals surface area contributed by atoms with Crippen LogP contribution in [0.1, 0.15) is 26.2 Å². The molecule has 1 aliphatic heterocycles. The van der Waals surface area contributed by atoms with Crippen LogP contribution in [-0.4, -0.2) is 37.1 Å². The van der Waals surface area contributed by atoms with Gasteiger partial charge < -0.3 is 15.5 Å². The number of carbonyl (C=O) groups excluding carboxylic acids is 1. The monoisotopic (exact) mass is 309 g/mol. The van der Waals surface area contributed by atoms with Gasteiger partial charge >= 0.3 is 6.03 Å². The van der Waals surface area contributed by atoms with E-state index in [0.717, 1.165) is 24.6 Å². The zero-order valence-electron chi connectivity index (χ0n) is 12.6. The minimum absolute atomic E-state index is 0.163. The molecule has 1 atom stereocenters. The van der Waals surface area contributed by atoms with E-state index in [-0.39, 0.29) is 6.03 Å². The van der Waals surface area contributed by atoms with E-state index in [1.54, 1.807) is 24.3 Å². The Morgan fingerprint density at radius 2 is 2.14 bits per heavy atom. The van der Waals surface area contributed by atoms with Crippen molar-refractivity contribution in [2.45, 2.75) is 26.2 Å². The molecule has 2 rings (SSSR count). The lowest BCUT2D eigenvalue weighted by molar-refractivity contribution is 0.182. The maximum Gasteiger partial charge on any atom is 0.319 e. The molecule has 116 valence electrons. The van der Waals surface area contributed by atoms with E-state index in [1.165, 1.54) is 25.9 Å². The largest absolute Gasteiger partial charge is 0.338 e. The molecule has 1 aromatic carbocycles. The second-order valence-corrected chi connectivity index (χ2v) is 6.23. The van der Waals surface area contributed by atoms with Crippen molar-refractivity contribution in [1.82, 2.24) is 10.2 Å². The molecule has 5 heteroatoms. The van der Waals surface area contributed by atoms with Crippen LogP contribution in [0.2, 0.25) is 5.02 Å². The van der Waals surface area contributed by atoms with Crippen molar-refractivity contribution in [1.29, 1.82) is 0 Å². The number of anilines is 1. The molecule has 2 N–H and O–H groups in total. The Morgan fingerprint density at radius 1 is 1.38 bits per heavy atom. The van der Waals surface area contributed by atoms with Crippen molar-refractivity contribution >= 4 is 23.3 Å². The van der Waals surface area contributed by atoms with Gasteiger partial charge in [0.2, 0.25) is 0 Å². The fourth-order valence-corrected chi connectivity index (χ4v) is 2.83. The van der Waals surface area contributed by atoms with Gasteiger partial charge in [0.05, 0.1) is 0 Å². The van der Waals surface area contributed by atoms with Crippen LogP contribution in [0.15, 0.2) is 24.3 Å². The minimum Gasteiger partial charge on any atom is -0.338 e. The maximum absolute atomic E-state index is 11.7. The molecule has 0 spiro atoms. The highest BCUT2D eigenvalue weighted by atomic mass is 35.5. The smallest absolute Gasteiger partial charge is 0.319 e. The number of halogens is 1. The summed E-state index contributed by atoms with van der Waals surface area (Å²) in [6, 6.07) is 6.93. The summed E-state index contributed by atoms with van der Waals surface area (Å²) in [4.78, 5) is 14.2. The second kappa shape index (κ2) is 8.25. The number of benzene rings is 1. The van der Waals surface area contributed by atoms with E-state index in [2.05, 4.69) is 22.5 Å². The molecule has 4 nitrogen and oxygen atoms in total. The van der Waals surface area contributed by atoms with Gasteiger partial charge in [-0.05, 0) is 62.5 Å². The van der Waals surface area contributed by atoms with Gasteiger partial charge in [-0.15, -0.1) is 0 Å². The third-order valence-electron chi connectivity index (χ3n) is 3.78. The van der Waals surface area contributed by atoms with Gasteiger partial charge in [0.25, 0.3) is 0 Å². The van der Waals surface area contributed by atoms with Crippen LogP contribution in [0.3, 0.4) is 0 Å². The van der Waals surface area contributed by atoms with Crippen LogP contribution < -0.4 is 10.6 Å². The Bertz CT molecular complexity index is 449. The van der Waals surface area contributed by atoms with Gasteiger partial charge in [0.15, 0.2) is 0 Å². The van der Waals surface area contributed by atoms with Crippen LogP contribution in [0.4, 0.5) is 10.5 Å². The van der Waals surface area contributed by atoms with Crippen LogP contribution >= 0.6 is 11.6 Å². The standard InChI is InChI=1S/C16H24ClN3O/c1-13-4-2-10-20(12-13)11-3-9-18-16(21)19-15-7-5-14(17)6-8-15/h5-8,13H,2-4,9-12H2,1H3,(H2,18,19,21)/t13-/m1/s1. The highest BCUT2D eigenvalue weighted by Crippen LogP contribution is 2.15. The Kier molecular flexibility index (Phi) is 6.33. The Hall–Kier alpha value is -1.26. The van der Waals surface area contributed by atoms with E-state index in [1.807, 2.05) is 0 Å². The lowest BCUT2D eigenvalue weighted by Crippen LogP contribution is -2.37. The Morgan fingerprint density at radius 3 is 2.86 bits per heavy atom. The first-order valence-corrected chi connectivity index (χ1v) is 8.04. The van der Waals surface area contributed by atoms with Gasteiger partial charge in [0.1, 0.15) is 0 Å². The van der Waals surface area contributed by atoms with E-state index in [9.17, 15) is 4.79 Å². The third kappa shape index (κ3) is 5.94. The molecule has 0 bridgehead atoms. The molecular formula is C16H24ClN3O. The molecule has 2 amide bonds. The van der Waals surface area contributed by atoms with Gasteiger partial charge in [-0.1, -0.05) is 18.5 Å². The molecule has 1 saturated heterocycles. The quantitative estimate of drug-likeness (QED) is 0.817. The van der Waals surface area contributed by atoms with Crippen molar-refractivity contribution in [3.05, 3.63) is 29.3 Å². The highest BCUT2D eigenvalue weighted by Gasteiger charge is 2.15. The van der Waals surface area contributed by atoms with Crippen molar-refractivity contribution in [3.63, 3.8) is 0 Å². The molecule has 0 saturated carbocycles. The van der Waals surface area contributed by atoms with E-state index in [4.69, 9.17) is 11.6 Å². The maximum atomic E-state index is 11.7. The Balaban J connectivity index is 1.59. The molecule has 1 heterocycles. The summed E-state index contributed by atoms with van der Waals surface area (Å²) in [5.74, 6) is 0.805. The summed E-state index contributed by atoms with van der Waals surface area (Å²) < 4.78 is 0. The number of piperidine rings is 1. The topological polar surface area (TPSA) is 44.4 Å². The molecule has 0 radical (unpaired) electrons. The second-order valence-electron chi connectivity index (χ2n) is 5.79. The highest BCUT2D eigenvalue weighted by molar-refractivity contribution is 6.30. The first-order chi connectivity index (χ1) is 10.1. The van der Waals surface area contributed by atoms with Crippen LogP contribution in [0.25, 0.3) is 0 Å². The summed E-state index contributed by atoms with van der Waals surface area (Å²) in [5.41, 5.74) is 0.752. The van der Waals surface area contributed by atoms with E-state index in [0.29, 0.717) is 11.6 Å². The van der Waals surface area contributed by atoms with Crippen LogP contribution in [0, 0.1) is 5.92 Å². The number of nitrogens with zero attached hydrogens (tertiary/aromatic N) is 1. The van der Waals surface area contributed by atoms with Gasteiger partial charge in [0, 0.05) is 23.8 Å². The number of likely N-dealkylation sites (tertiary alicyclic amines) is 1. The normalized spacial score (nSPS) is 19.2. The summed E-state index contributed by atoms with van der Waals surface area (Å²) in [6.45, 7) is 6.46. The lowest BCUT2D eigenvalue weighted by atomic mass is 10.0. The number of amides is 2. The molecule has 0 aromatic heterocycles. The predicted octanol–water partition coefficient (Wildman–Crippen LogP) is 3.58. The Labute approximate surface area is 131 Å². The van der Waals surface area contributed by atoms with E-state index >= 15 is 0 Å². The lowest BCUT2D eigenvalue weighted by Gasteiger charge is -2.30. The zero-order chi connectivity index (χ0) is 15.1. The number of rotatable bonds is 5. The average molecular weight is 310 g/mol. The third-order valence-corrected chi connectivity index (χ3v) is 4.03. The summed E-state index contributed by atoms with van der Waals surface area (Å²) in [5, 5.41) is 6.34. The minimum atomic E-state index is -0.163. The number of nitrogens with one attached hydrogen (secondary N) is 2. The first kappa shape index (κ1) is 16.1. The fraction of sp³-hybridized carbons (Fsp3) is 0.562. The fourth-order valence-electron chi connectivity index (χ4n) is 2.70. The van der Waals surface area contributed by atoms with Gasteiger partial charge in [-0.3, -0.25) is 0 Å². The molecule has 0 unspecified atom stereocenters. The molecule has 0 aliphatic carbocycles. The van der Waals surface area contributed by atoms with Gasteiger partial charge in [-0.2, -0.15) is 0 Å². The summed E-state index contributed by atoms with van der Waals surface area (Å²) in [6.07, 6.45) is 3.63. The molecule has 1 fully saturated rings. The number of urea groups is 1. The van der Waals surface area contributed by atoms with Crippen molar-refractivity contribution in [3.8, 4) is 0 Å². The molecule has 1 aromatic rings. The SMILES string of the molecule is C[C@@H]1CCCN(CCCNC(=O)Nc2ccc(Cl)cc2)C1. The van der Waals surface area contributed by atoms with Crippen LogP contribution in [-0.2, 0) is 0 Å². The molecule has 1 aliphatic rings. The number of carbonyl (C=O) groups is 1. The van der Waals surface area contributed by atoms with Crippen molar-refractivity contribution in [2.75, 3.05) is 31.5 Å². The predicted molar refractivity (Wildman–Crippen MR) is 87.9 cm³/mol. The number of hydrogen-bond acceptors (Lipinski definition) is 2.